The SMILES string of the molecule is COC(=O)c1cc(OC)ccc1C=CCC1CCCCC(=O)N1. The first kappa shape index (κ1) is 17.1. The van der Waals surface area contributed by atoms with Crippen LogP contribution in [0.1, 0.15) is 48.0 Å². The molecule has 1 fully saturated rings. The highest BCUT2D eigenvalue weighted by Gasteiger charge is 2.15. The molecule has 124 valence electrons. The quantitative estimate of drug-likeness (QED) is 0.848. The van der Waals surface area contributed by atoms with Crippen molar-refractivity contribution >= 4 is 18.0 Å². The van der Waals surface area contributed by atoms with Gasteiger partial charge in [-0.2, -0.15) is 0 Å². The topological polar surface area (TPSA) is 64.6 Å². The van der Waals surface area contributed by atoms with E-state index in [0.717, 1.165) is 31.2 Å². The smallest absolute Gasteiger partial charge is 0.338 e. The largest absolute Gasteiger partial charge is 0.497 e. The predicted octanol–water partition coefficient (Wildman–Crippen LogP) is 2.94. The molecule has 1 atom stereocenters. The summed E-state index contributed by atoms with van der Waals surface area (Å²) in [4.78, 5) is 23.5. The first-order chi connectivity index (χ1) is 11.1. The first-order valence-electron chi connectivity index (χ1n) is 7.86. The lowest BCUT2D eigenvalue weighted by Crippen LogP contribution is -2.32. The molecule has 0 aromatic heterocycles. The Morgan fingerprint density at radius 3 is 2.91 bits per heavy atom. The Morgan fingerprint density at radius 2 is 2.17 bits per heavy atom. The Morgan fingerprint density at radius 1 is 1.35 bits per heavy atom. The molecule has 0 saturated carbocycles. The molecule has 1 aromatic rings. The number of carbonyl (C=O) groups is 2. The molecule has 23 heavy (non-hydrogen) atoms. The highest BCUT2D eigenvalue weighted by Crippen LogP contribution is 2.20. The maximum Gasteiger partial charge on any atom is 0.338 e. The standard InChI is InChI=1S/C18H23NO4/c1-22-15-11-10-13(16(12-15)18(21)23-2)6-5-8-14-7-3-4-9-17(20)19-14/h5-6,10-12,14H,3-4,7-9H2,1-2H3,(H,19,20). The van der Waals surface area contributed by atoms with Gasteiger partial charge in [0, 0.05) is 12.5 Å². The number of amides is 1. The van der Waals surface area contributed by atoms with E-state index in [-0.39, 0.29) is 11.9 Å². The zero-order valence-corrected chi connectivity index (χ0v) is 13.6. The summed E-state index contributed by atoms with van der Waals surface area (Å²) >= 11 is 0. The highest BCUT2D eigenvalue weighted by atomic mass is 16.5. The second kappa shape index (κ2) is 8.36. The van der Waals surface area contributed by atoms with Crippen LogP contribution in [0.3, 0.4) is 0 Å². The summed E-state index contributed by atoms with van der Waals surface area (Å²) in [5.41, 5.74) is 1.24. The van der Waals surface area contributed by atoms with E-state index in [2.05, 4.69) is 5.32 Å². The van der Waals surface area contributed by atoms with Gasteiger partial charge in [0.2, 0.25) is 5.91 Å². The number of rotatable bonds is 5. The van der Waals surface area contributed by atoms with Crippen LogP contribution in [0, 0.1) is 0 Å². The van der Waals surface area contributed by atoms with E-state index in [1.165, 1.54) is 7.11 Å². The van der Waals surface area contributed by atoms with Crippen molar-refractivity contribution in [2.45, 2.75) is 38.1 Å². The summed E-state index contributed by atoms with van der Waals surface area (Å²) < 4.78 is 9.97. The lowest BCUT2D eigenvalue weighted by atomic mass is 10.0. The summed E-state index contributed by atoms with van der Waals surface area (Å²) in [6.07, 6.45) is 8.25. The van der Waals surface area contributed by atoms with Crippen LogP contribution >= 0.6 is 0 Å². The van der Waals surface area contributed by atoms with Crippen LogP contribution in [-0.2, 0) is 9.53 Å². The van der Waals surface area contributed by atoms with Crippen LogP contribution in [-0.4, -0.2) is 32.1 Å². The summed E-state index contributed by atoms with van der Waals surface area (Å²) in [6.45, 7) is 0. The van der Waals surface area contributed by atoms with E-state index in [1.54, 1.807) is 19.2 Å². The number of ether oxygens (including phenoxy) is 2. The Labute approximate surface area is 136 Å². The number of esters is 1. The van der Waals surface area contributed by atoms with Crippen LogP contribution in [0.4, 0.5) is 0 Å². The van der Waals surface area contributed by atoms with Crippen LogP contribution in [0.2, 0.25) is 0 Å². The van der Waals surface area contributed by atoms with E-state index in [0.29, 0.717) is 17.7 Å². The zero-order valence-electron chi connectivity index (χ0n) is 13.6. The third kappa shape index (κ3) is 4.84. The van der Waals surface area contributed by atoms with Gasteiger partial charge in [-0.15, -0.1) is 0 Å². The van der Waals surface area contributed by atoms with Gasteiger partial charge in [0.05, 0.1) is 19.8 Å². The van der Waals surface area contributed by atoms with Gasteiger partial charge in [-0.05, 0) is 37.0 Å². The second-order valence-corrected chi connectivity index (χ2v) is 5.59. The molecular formula is C18H23NO4. The molecule has 1 aliphatic rings. The third-order valence-corrected chi connectivity index (χ3v) is 3.96. The number of hydrogen-bond donors (Lipinski definition) is 1. The van der Waals surface area contributed by atoms with Crippen molar-refractivity contribution in [1.29, 1.82) is 0 Å². The van der Waals surface area contributed by atoms with Crippen LogP contribution in [0.5, 0.6) is 5.75 Å². The summed E-state index contributed by atoms with van der Waals surface area (Å²) in [7, 11) is 2.91. The molecule has 0 spiro atoms. The lowest BCUT2D eigenvalue weighted by molar-refractivity contribution is -0.121. The molecule has 1 heterocycles. The van der Waals surface area contributed by atoms with Gasteiger partial charge < -0.3 is 14.8 Å². The molecule has 1 aliphatic heterocycles. The van der Waals surface area contributed by atoms with E-state index < -0.39 is 5.97 Å². The minimum absolute atomic E-state index is 0.126. The summed E-state index contributed by atoms with van der Waals surface area (Å²) in [6, 6.07) is 5.47. The van der Waals surface area contributed by atoms with E-state index in [1.807, 2.05) is 18.2 Å². The van der Waals surface area contributed by atoms with Gasteiger partial charge >= 0.3 is 5.97 Å². The fourth-order valence-electron chi connectivity index (χ4n) is 2.68. The fourth-order valence-corrected chi connectivity index (χ4v) is 2.68. The van der Waals surface area contributed by atoms with Gasteiger partial charge in [0.15, 0.2) is 0 Å². The highest BCUT2D eigenvalue weighted by molar-refractivity contribution is 5.94. The predicted molar refractivity (Wildman–Crippen MR) is 88.4 cm³/mol. The van der Waals surface area contributed by atoms with Gasteiger partial charge in [-0.3, -0.25) is 4.79 Å². The molecule has 1 aromatic carbocycles. The Hall–Kier alpha value is -2.30. The molecule has 0 radical (unpaired) electrons. The Balaban J connectivity index is 2.09. The monoisotopic (exact) mass is 317 g/mol. The van der Waals surface area contributed by atoms with Crippen molar-refractivity contribution in [3.05, 3.63) is 35.4 Å². The van der Waals surface area contributed by atoms with Gasteiger partial charge in [-0.1, -0.05) is 24.6 Å². The van der Waals surface area contributed by atoms with Crippen molar-refractivity contribution in [3.63, 3.8) is 0 Å². The molecule has 1 unspecified atom stereocenters. The average molecular weight is 317 g/mol. The molecule has 0 aliphatic carbocycles. The molecule has 1 N–H and O–H groups in total. The number of carbonyl (C=O) groups excluding carboxylic acids is 2. The third-order valence-electron chi connectivity index (χ3n) is 3.96. The van der Waals surface area contributed by atoms with Crippen molar-refractivity contribution < 1.29 is 19.1 Å². The van der Waals surface area contributed by atoms with Crippen LogP contribution in [0.25, 0.3) is 6.08 Å². The van der Waals surface area contributed by atoms with E-state index in [9.17, 15) is 9.59 Å². The van der Waals surface area contributed by atoms with Crippen LogP contribution < -0.4 is 10.1 Å². The van der Waals surface area contributed by atoms with Crippen molar-refractivity contribution in [2.75, 3.05) is 14.2 Å². The normalized spacial score (nSPS) is 18.3. The maximum atomic E-state index is 11.9. The molecule has 1 amide bonds. The minimum Gasteiger partial charge on any atom is -0.497 e. The maximum absolute atomic E-state index is 11.9. The van der Waals surface area contributed by atoms with Crippen LogP contribution in [0.15, 0.2) is 24.3 Å². The number of methoxy groups -OCH3 is 2. The molecule has 5 nitrogen and oxygen atoms in total. The molecular weight excluding hydrogens is 294 g/mol. The Bertz CT molecular complexity index is 595. The van der Waals surface area contributed by atoms with Crippen molar-refractivity contribution in [2.24, 2.45) is 0 Å². The molecule has 2 rings (SSSR count). The lowest BCUT2D eigenvalue weighted by Gasteiger charge is -2.13. The summed E-state index contributed by atoms with van der Waals surface area (Å²) in [5, 5.41) is 3.03. The average Bonchev–Trinajstić information content (AvgIpc) is 2.78. The molecule has 1 saturated heterocycles. The van der Waals surface area contributed by atoms with Gasteiger partial charge in [0.1, 0.15) is 5.75 Å². The number of nitrogens with one attached hydrogen (secondary N) is 1. The van der Waals surface area contributed by atoms with Crippen molar-refractivity contribution in [3.8, 4) is 5.75 Å². The van der Waals surface area contributed by atoms with Gasteiger partial charge in [0.25, 0.3) is 0 Å². The first-order valence-corrected chi connectivity index (χ1v) is 7.86. The summed E-state index contributed by atoms with van der Waals surface area (Å²) in [5.74, 6) is 0.338. The number of benzene rings is 1. The zero-order chi connectivity index (χ0) is 16.7. The Kier molecular flexibility index (Phi) is 6.20. The van der Waals surface area contributed by atoms with E-state index >= 15 is 0 Å². The fraction of sp³-hybridized carbons (Fsp3) is 0.444. The molecule has 0 bridgehead atoms. The number of hydrogen-bond acceptors (Lipinski definition) is 4. The second-order valence-electron chi connectivity index (χ2n) is 5.59. The minimum atomic E-state index is -0.397. The van der Waals surface area contributed by atoms with Crippen molar-refractivity contribution in [1.82, 2.24) is 5.32 Å². The molecule has 5 heteroatoms. The van der Waals surface area contributed by atoms with Gasteiger partial charge in [-0.25, -0.2) is 4.79 Å². The van der Waals surface area contributed by atoms with E-state index in [4.69, 9.17) is 9.47 Å².